The van der Waals surface area contributed by atoms with Gasteiger partial charge in [0.25, 0.3) is 0 Å². The second-order valence-electron chi connectivity index (χ2n) is 14.6. The van der Waals surface area contributed by atoms with Crippen molar-refractivity contribution in [3.05, 3.63) is 85.1 Å². The van der Waals surface area contributed by atoms with Crippen molar-refractivity contribution < 1.29 is 28.6 Å². The Morgan fingerprint density at radius 2 is 0.786 bits per heavy atom. The second-order valence-corrected chi connectivity index (χ2v) is 14.6. The fourth-order valence-corrected chi connectivity index (χ4v) is 5.84. The molecule has 0 N–H and O–H groups in total. The van der Waals surface area contributed by atoms with Crippen LogP contribution in [0.15, 0.2) is 85.1 Å². The molecule has 1 unspecified atom stereocenters. The van der Waals surface area contributed by atoms with Gasteiger partial charge in [0.15, 0.2) is 6.10 Å². The maximum absolute atomic E-state index is 12.7. The van der Waals surface area contributed by atoms with E-state index in [-0.39, 0.29) is 31.1 Å². The summed E-state index contributed by atoms with van der Waals surface area (Å²) in [6.07, 6.45) is 55.8. The van der Waals surface area contributed by atoms with Gasteiger partial charge < -0.3 is 14.2 Å². The summed E-state index contributed by atoms with van der Waals surface area (Å²) in [5.74, 6) is -0.990. The van der Waals surface area contributed by atoms with Gasteiger partial charge >= 0.3 is 17.9 Å². The first kappa shape index (κ1) is 52.6. The summed E-state index contributed by atoms with van der Waals surface area (Å²) >= 11 is 0. The molecule has 0 aromatic heterocycles. The lowest BCUT2D eigenvalue weighted by Crippen LogP contribution is -2.30. The third kappa shape index (κ3) is 41.7. The van der Waals surface area contributed by atoms with Crippen molar-refractivity contribution in [3.8, 4) is 0 Å². The number of unbranched alkanes of at least 4 members (excludes halogenated alkanes) is 17. The van der Waals surface area contributed by atoms with Crippen LogP contribution in [-0.2, 0) is 28.6 Å². The summed E-state index contributed by atoms with van der Waals surface area (Å²) < 4.78 is 16.6. The number of carbonyl (C=O) groups excluding carboxylic acids is 3. The quantitative estimate of drug-likeness (QED) is 0.0203. The smallest absolute Gasteiger partial charge is 0.306 e. The highest BCUT2D eigenvalue weighted by Gasteiger charge is 2.19. The van der Waals surface area contributed by atoms with Crippen LogP contribution in [0.4, 0.5) is 0 Å². The lowest BCUT2D eigenvalue weighted by molar-refractivity contribution is -0.167. The van der Waals surface area contributed by atoms with Crippen LogP contribution in [0, 0.1) is 0 Å². The molecule has 0 amide bonds. The van der Waals surface area contributed by atoms with Gasteiger partial charge in [-0.1, -0.05) is 170 Å². The minimum Gasteiger partial charge on any atom is -0.462 e. The van der Waals surface area contributed by atoms with Crippen LogP contribution in [-0.4, -0.2) is 37.2 Å². The molecule has 0 heterocycles. The van der Waals surface area contributed by atoms with Crippen molar-refractivity contribution in [2.75, 3.05) is 13.2 Å². The van der Waals surface area contributed by atoms with Crippen molar-refractivity contribution in [1.82, 2.24) is 0 Å². The van der Waals surface area contributed by atoms with E-state index in [0.717, 1.165) is 109 Å². The minimum absolute atomic E-state index is 0.106. The average molecular weight is 779 g/mol. The van der Waals surface area contributed by atoms with Gasteiger partial charge in [-0.2, -0.15) is 0 Å². The molecule has 0 saturated carbocycles. The number of allylic oxidation sites excluding steroid dienone is 14. The summed E-state index contributed by atoms with van der Waals surface area (Å²) in [5.41, 5.74) is 0. The number of rotatable bonds is 39. The molecule has 0 saturated heterocycles. The molecular weight excluding hydrogens is 697 g/mol. The zero-order valence-electron chi connectivity index (χ0n) is 36.1. The van der Waals surface area contributed by atoms with Crippen LogP contribution in [0.5, 0.6) is 0 Å². The molecule has 318 valence electrons. The van der Waals surface area contributed by atoms with Crippen molar-refractivity contribution in [3.63, 3.8) is 0 Å². The van der Waals surface area contributed by atoms with Crippen LogP contribution >= 0.6 is 0 Å². The fourth-order valence-electron chi connectivity index (χ4n) is 5.84. The molecule has 0 aromatic carbocycles. The molecule has 0 aliphatic rings. The molecular formula is C50H82O6. The third-order valence-corrected chi connectivity index (χ3v) is 9.21. The molecule has 0 fully saturated rings. The highest BCUT2D eigenvalue weighted by molar-refractivity contribution is 5.71. The monoisotopic (exact) mass is 779 g/mol. The Kier molecular flexibility index (Phi) is 41.6. The van der Waals surface area contributed by atoms with E-state index in [9.17, 15) is 14.4 Å². The van der Waals surface area contributed by atoms with Crippen molar-refractivity contribution in [2.45, 2.75) is 200 Å². The number of esters is 3. The molecule has 0 radical (unpaired) electrons. The van der Waals surface area contributed by atoms with Gasteiger partial charge in [0, 0.05) is 19.3 Å². The third-order valence-electron chi connectivity index (χ3n) is 9.21. The summed E-state index contributed by atoms with van der Waals surface area (Å²) in [7, 11) is 0. The van der Waals surface area contributed by atoms with Gasteiger partial charge in [-0.25, -0.2) is 0 Å². The summed E-state index contributed by atoms with van der Waals surface area (Å²) in [4.78, 5) is 37.7. The van der Waals surface area contributed by atoms with Gasteiger partial charge in [0.1, 0.15) is 13.2 Å². The molecule has 0 bridgehead atoms. The normalized spacial score (nSPS) is 12.8. The second kappa shape index (κ2) is 44.3. The Morgan fingerprint density at radius 3 is 1.36 bits per heavy atom. The van der Waals surface area contributed by atoms with Crippen LogP contribution in [0.25, 0.3) is 0 Å². The van der Waals surface area contributed by atoms with Crippen LogP contribution in [0.3, 0.4) is 0 Å². The van der Waals surface area contributed by atoms with Crippen LogP contribution in [0.2, 0.25) is 0 Å². The lowest BCUT2D eigenvalue weighted by Gasteiger charge is -2.18. The van der Waals surface area contributed by atoms with E-state index in [1.807, 2.05) is 24.3 Å². The van der Waals surface area contributed by atoms with E-state index in [4.69, 9.17) is 14.2 Å². The SMILES string of the molecule is CC\C=C/C=C\C=C/C=C\CCCCCCCC(=O)OCC(COC(=O)CCCC/C=C\C/C=C\CC)OC(=O)CCCCC/C=C\CCCCCCCCC. The van der Waals surface area contributed by atoms with Crippen molar-refractivity contribution in [1.29, 1.82) is 0 Å². The highest BCUT2D eigenvalue weighted by atomic mass is 16.6. The van der Waals surface area contributed by atoms with Crippen molar-refractivity contribution >= 4 is 17.9 Å². The molecule has 56 heavy (non-hydrogen) atoms. The van der Waals surface area contributed by atoms with E-state index in [1.165, 1.54) is 44.9 Å². The summed E-state index contributed by atoms with van der Waals surface area (Å²) in [6, 6.07) is 0. The van der Waals surface area contributed by atoms with E-state index < -0.39 is 6.10 Å². The van der Waals surface area contributed by atoms with Crippen LogP contribution in [0.1, 0.15) is 194 Å². The van der Waals surface area contributed by atoms with E-state index in [1.54, 1.807) is 0 Å². The molecule has 6 heteroatoms. The topological polar surface area (TPSA) is 78.9 Å². The number of hydrogen-bond acceptors (Lipinski definition) is 6. The zero-order valence-corrected chi connectivity index (χ0v) is 36.1. The number of ether oxygens (including phenoxy) is 3. The average Bonchev–Trinajstić information content (AvgIpc) is 3.19. The summed E-state index contributed by atoms with van der Waals surface area (Å²) in [5, 5.41) is 0. The highest BCUT2D eigenvalue weighted by Crippen LogP contribution is 2.12. The van der Waals surface area contributed by atoms with Gasteiger partial charge in [0.05, 0.1) is 0 Å². The Morgan fingerprint density at radius 1 is 0.393 bits per heavy atom. The Balaban J connectivity index is 4.46. The molecule has 6 nitrogen and oxygen atoms in total. The van der Waals surface area contributed by atoms with E-state index in [2.05, 4.69) is 81.5 Å². The number of carbonyl (C=O) groups is 3. The maximum Gasteiger partial charge on any atom is 0.306 e. The summed E-state index contributed by atoms with van der Waals surface area (Å²) in [6.45, 7) is 6.28. The van der Waals surface area contributed by atoms with Gasteiger partial charge in [-0.3, -0.25) is 14.4 Å². The molecule has 0 spiro atoms. The zero-order chi connectivity index (χ0) is 40.8. The van der Waals surface area contributed by atoms with E-state index >= 15 is 0 Å². The predicted molar refractivity (Wildman–Crippen MR) is 237 cm³/mol. The van der Waals surface area contributed by atoms with E-state index in [0.29, 0.717) is 19.3 Å². The fraction of sp³-hybridized carbons (Fsp3) is 0.660. The molecule has 0 aromatic rings. The van der Waals surface area contributed by atoms with Gasteiger partial charge in [0.2, 0.25) is 0 Å². The Bertz CT molecular complexity index is 1120. The standard InChI is InChI=1S/C50H82O6/c1-4-7-10-13-16-19-21-23-25-27-28-31-34-37-40-43-49(52)55-46-47(45-54-48(51)42-39-36-33-30-18-15-12-9-6-3)56-50(53)44-41-38-35-32-29-26-24-22-20-17-14-11-8-5-2/h7,9-10,12-13,16,18-19,21,23,25-26,29-30,47H,4-6,8,11,14-15,17,20,22,24,27-28,31-46H2,1-3H3/b10-7-,12-9-,16-13-,21-19-,25-23-,29-26-,30-18-. The predicted octanol–water partition coefficient (Wildman–Crippen LogP) is 14.5. The molecule has 0 aliphatic heterocycles. The lowest BCUT2D eigenvalue weighted by atomic mass is 10.1. The minimum atomic E-state index is -0.805. The first-order valence-electron chi connectivity index (χ1n) is 22.6. The first-order valence-corrected chi connectivity index (χ1v) is 22.6. The van der Waals surface area contributed by atoms with Crippen LogP contribution < -0.4 is 0 Å². The largest absolute Gasteiger partial charge is 0.462 e. The Labute approximate surface area is 344 Å². The maximum atomic E-state index is 12.7. The Hall–Kier alpha value is -3.41. The molecule has 1 atom stereocenters. The number of hydrogen-bond donors (Lipinski definition) is 0. The van der Waals surface area contributed by atoms with Gasteiger partial charge in [-0.15, -0.1) is 0 Å². The molecule has 0 rings (SSSR count). The van der Waals surface area contributed by atoms with Crippen molar-refractivity contribution in [2.24, 2.45) is 0 Å². The molecule has 0 aliphatic carbocycles. The van der Waals surface area contributed by atoms with Gasteiger partial charge in [-0.05, 0) is 89.9 Å². The first-order chi connectivity index (χ1) is 27.5.